The van der Waals surface area contributed by atoms with Gasteiger partial charge in [0.25, 0.3) is 0 Å². The van der Waals surface area contributed by atoms with E-state index in [4.69, 9.17) is 9.47 Å². The largest absolute Gasteiger partial charge is 0.504 e. The van der Waals surface area contributed by atoms with E-state index in [9.17, 15) is 13.9 Å². The Kier molecular flexibility index (Phi) is 5.51. The zero-order chi connectivity index (χ0) is 27.7. The van der Waals surface area contributed by atoms with Crippen molar-refractivity contribution in [3.05, 3.63) is 119 Å². The molecule has 0 saturated heterocycles. The van der Waals surface area contributed by atoms with Crippen molar-refractivity contribution in [2.45, 2.75) is 37.8 Å². The van der Waals surface area contributed by atoms with Gasteiger partial charge in [-0.15, -0.1) is 0 Å². The molecular formula is C33H29F2NO3. The summed E-state index contributed by atoms with van der Waals surface area (Å²) in [4.78, 5) is 0. The summed E-state index contributed by atoms with van der Waals surface area (Å²) in [5.74, 6) is -1.33. The molecule has 6 heteroatoms. The molecule has 2 aliphatic heterocycles. The molecule has 0 radical (unpaired) electrons. The topological polar surface area (TPSA) is 50.7 Å². The number of fused-ring (bicyclic) bond motifs is 5. The van der Waals surface area contributed by atoms with Crippen LogP contribution in [0.25, 0.3) is 11.1 Å². The van der Waals surface area contributed by atoms with Crippen LogP contribution in [0.15, 0.2) is 84.9 Å². The Morgan fingerprint density at radius 2 is 1.69 bits per heavy atom. The quantitative estimate of drug-likeness (QED) is 0.267. The molecule has 4 aromatic rings. The number of rotatable bonds is 3. The van der Waals surface area contributed by atoms with E-state index >= 15 is 0 Å². The first-order valence-electron chi connectivity index (χ1n) is 12.9. The van der Waals surface area contributed by atoms with Gasteiger partial charge in [-0.3, -0.25) is 0 Å². The second-order valence-electron chi connectivity index (χ2n) is 10.7. The lowest BCUT2D eigenvalue weighted by atomic mass is 9.67. The number of halogens is 2. The highest BCUT2D eigenvalue weighted by Gasteiger charge is 2.50. The van der Waals surface area contributed by atoms with Gasteiger partial charge in [0.05, 0.1) is 18.2 Å². The Morgan fingerprint density at radius 1 is 0.949 bits per heavy atom. The molecule has 2 heterocycles. The first kappa shape index (κ1) is 25.0. The fourth-order valence-electron chi connectivity index (χ4n) is 6.18. The summed E-state index contributed by atoms with van der Waals surface area (Å²) in [6, 6.07) is 20.6. The van der Waals surface area contributed by atoms with Crippen LogP contribution in [0.1, 0.15) is 48.9 Å². The van der Waals surface area contributed by atoms with Gasteiger partial charge in [0.2, 0.25) is 0 Å². The van der Waals surface area contributed by atoms with Crippen LogP contribution in [0.2, 0.25) is 0 Å². The third-order valence-corrected chi connectivity index (χ3v) is 8.14. The standard InChI is InChI=1S/C33H29F2NO3/c1-18-19(2)32(3,4)36-25-14-12-22-29-27(16-15-26(37)31(29)38-5)39-33(30(22)28(18)25,20-9-7-6-8-10-20)21-11-13-23(34)24(35)17-21/h6-18,36-37H,2H2,1,3-5H3. The van der Waals surface area contributed by atoms with Gasteiger partial charge in [0, 0.05) is 28.3 Å². The molecule has 0 amide bonds. The van der Waals surface area contributed by atoms with Crippen molar-refractivity contribution in [1.82, 2.24) is 0 Å². The highest BCUT2D eigenvalue weighted by Crippen LogP contribution is 2.60. The van der Waals surface area contributed by atoms with E-state index in [0.717, 1.165) is 39.6 Å². The molecule has 2 N–H and O–H groups in total. The van der Waals surface area contributed by atoms with Crippen molar-refractivity contribution in [3.63, 3.8) is 0 Å². The van der Waals surface area contributed by atoms with Crippen LogP contribution in [-0.4, -0.2) is 17.8 Å². The van der Waals surface area contributed by atoms with Crippen LogP contribution >= 0.6 is 0 Å². The van der Waals surface area contributed by atoms with Gasteiger partial charge in [-0.1, -0.05) is 56.0 Å². The van der Waals surface area contributed by atoms with Crippen molar-refractivity contribution < 1.29 is 23.4 Å². The van der Waals surface area contributed by atoms with Crippen LogP contribution in [0.4, 0.5) is 14.5 Å². The average molecular weight is 526 g/mol. The van der Waals surface area contributed by atoms with Crippen molar-refractivity contribution >= 4 is 5.69 Å². The number of methoxy groups -OCH3 is 1. The zero-order valence-electron chi connectivity index (χ0n) is 22.2. The molecule has 2 atom stereocenters. The van der Waals surface area contributed by atoms with E-state index in [-0.39, 0.29) is 23.0 Å². The molecule has 4 nitrogen and oxygen atoms in total. The maximum absolute atomic E-state index is 14.9. The number of phenols is 1. The minimum absolute atomic E-state index is 0.0275. The SMILES string of the molecule is C=C1C(C)c2c(ccc3c2C(c2ccccc2)(c2ccc(F)c(F)c2)Oc2ccc(O)c(OC)c2-3)NC1(C)C. The van der Waals surface area contributed by atoms with Gasteiger partial charge in [-0.2, -0.15) is 0 Å². The summed E-state index contributed by atoms with van der Waals surface area (Å²) in [7, 11) is 1.50. The Hall–Kier alpha value is -4.32. The highest BCUT2D eigenvalue weighted by atomic mass is 19.2. The summed E-state index contributed by atoms with van der Waals surface area (Å²) in [6.45, 7) is 10.7. The van der Waals surface area contributed by atoms with Gasteiger partial charge < -0.3 is 19.9 Å². The second kappa shape index (κ2) is 8.60. The molecule has 6 rings (SSSR count). The first-order chi connectivity index (χ1) is 18.6. The van der Waals surface area contributed by atoms with E-state index in [1.807, 2.05) is 42.5 Å². The molecule has 2 aliphatic rings. The van der Waals surface area contributed by atoms with Gasteiger partial charge >= 0.3 is 0 Å². The lowest BCUT2D eigenvalue weighted by Crippen LogP contribution is -2.44. The second-order valence-corrected chi connectivity index (χ2v) is 10.7. The van der Waals surface area contributed by atoms with Crippen molar-refractivity contribution in [2.24, 2.45) is 0 Å². The minimum Gasteiger partial charge on any atom is -0.504 e. The Labute approximate surface area is 226 Å². The molecular weight excluding hydrogens is 496 g/mol. The number of hydrogen-bond acceptors (Lipinski definition) is 4. The molecule has 4 aromatic carbocycles. The van der Waals surface area contributed by atoms with Gasteiger partial charge in [-0.05, 0) is 60.9 Å². The smallest absolute Gasteiger partial charge is 0.185 e. The normalized spacial score (nSPS) is 20.7. The number of anilines is 1. The van der Waals surface area contributed by atoms with Gasteiger partial charge in [0.15, 0.2) is 28.7 Å². The number of nitrogens with one attached hydrogen (secondary N) is 1. The molecule has 0 fully saturated rings. The van der Waals surface area contributed by atoms with Crippen LogP contribution < -0.4 is 14.8 Å². The number of aromatic hydroxyl groups is 1. The maximum Gasteiger partial charge on any atom is 0.185 e. The fraction of sp³-hybridized carbons (Fsp3) is 0.212. The summed E-state index contributed by atoms with van der Waals surface area (Å²) in [5.41, 5.74) is 4.35. The van der Waals surface area contributed by atoms with Crippen LogP contribution in [-0.2, 0) is 5.60 Å². The maximum atomic E-state index is 14.9. The number of benzene rings is 4. The zero-order valence-corrected chi connectivity index (χ0v) is 22.2. The van der Waals surface area contributed by atoms with Crippen LogP contribution in [0.3, 0.4) is 0 Å². The van der Waals surface area contributed by atoms with Crippen molar-refractivity contribution in [1.29, 1.82) is 0 Å². The highest BCUT2D eigenvalue weighted by molar-refractivity contribution is 5.89. The average Bonchev–Trinajstić information content (AvgIpc) is 2.93. The third kappa shape index (κ3) is 3.47. The monoisotopic (exact) mass is 525 g/mol. The molecule has 39 heavy (non-hydrogen) atoms. The predicted octanol–water partition coefficient (Wildman–Crippen LogP) is 7.89. The predicted molar refractivity (Wildman–Crippen MR) is 149 cm³/mol. The van der Waals surface area contributed by atoms with Gasteiger partial charge in [0.1, 0.15) is 5.75 Å². The van der Waals surface area contributed by atoms with E-state index in [1.54, 1.807) is 12.1 Å². The summed E-state index contributed by atoms with van der Waals surface area (Å²) < 4.78 is 41.8. The lowest BCUT2D eigenvalue weighted by Gasteiger charge is -2.47. The number of ether oxygens (including phenoxy) is 2. The third-order valence-electron chi connectivity index (χ3n) is 8.14. The molecule has 0 saturated carbocycles. The molecule has 0 aliphatic carbocycles. The molecule has 0 aromatic heterocycles. The van der Waals surface area contributed by atoms with Crippen molar-refractivity contribution in [2.75, 3.05) is 12.4 Å². The minimum atomic E-state index is -1.36. The Morgan fingerprint density at radius 3 is 2.38 bits per heavy atom. The number of hydrogen-bond donors (Lipinski definition) is 2. The summed E-state index contributed by atoms with van der Waals surface area (Å²) in [6.07, 6.45) is 0. The van der Waals surface area contributed by atoms with E-state index in [0.29, 0.717) is 16.9 Å². The summed E-state index contributed by atoms with van der Waals surface area (Å²) >= 11 is 0. The lowest BCUT2D eigenvalue weighted by molar-refractivity contribution is 0.149. The first-order valence-corrected chi connectivity index (χ1v) is 12.9. The van der Waals surface area contributed by atoms with E-state index in [2.05, 4.69) is 32.7 Å². The van der Waals surface area contributed by atoms with Crippen LogP contribution in [0, 0.1) is 11.6 Å². The fourth-order valence-corrected chi connectivity index (χ4v) is 6.18. The summed E-state index contributed by atoms with van der Waals surface area (Å²) in [5, 5.41) is 14.3. The molecule has 2 unspecified atom stereocenters. The van der Waals surface area contributed by atoms with E-state index in [1.165, 1.54) is 19.2 Å². The molecule has 0 bridgehead atoms. The van der Waals surface area contributed by atoms with Gasteiger partial charge in [-0.25, -0.2) is 8.78 Å². The Bertz CT molecular complexity index is 1650. The van der Waals surface area contributed by atoms with Crippen LogP contribution in [0.5, 0.6) is 17.2 Å². The molecule has 0 spiro atoms. The van der Waals surface area contributed by atoms with E-state index < -0.39 is 17.2 Å². The molecule has 198 valence electrons. The number of phenolic OH excluding ortho intramolecular Hbond substituents is 1. The van der Waals surface area contributed by atoms with Crippen molar-refractivity contribution in [3.8, 4) is 28.4 Å². The Balaban J connectivity index is 1.82.